The molecule has 24 heavy (non-hydrogen) atoms. The van der Waals surface area contributed by atoms with Crippen molar-refractivity contribution in [2.45, 2.75) is 37.6 Å². The molecule has 5 atom stereocenters. The summed E-state index contributed by atoms with van der Waals surface area (Å²) in [4.78, 5) is 23.4. The Balaban J connectivity index is 2.16. The van der Waals surface area contributed by atoms with Crippen LogP contribution in [0.5, 0.6) is 5.75 Å². The number of nitrogens with one attached hydrogen (secondary N) is 1. The van der Waals surface area contributed by atoms with Crippen LogP contribution in [-0.2, 0) is 9.53 Å². The number of para-hydroxylation sites is 1. The van der Waals surface area contributed by atoms with Gasteiger partial charge in [-0.2, -0.15) is 0 Å². The second-order valence-corrected chi connectivity index (χ2v) is 5.32. The van der Waals surface area contributed by atoms with Crippen LogP contribution >= 0.6 is 0 Å². The van der Waals surface area contributed by atoms with Gasteiger partial charge in [0.2, 0.25) is 0 Å². The second-order valence-electron chi connectivity index (χ2n) is 5.32. The number of hydrogen-bond donors (Lipinski definition) is 5. The minimum Gasteiger partial charge on any atom is -0.426 e. The average Bonchev–Trinajstić information content (AvgIpc) is 2.54. The van der Waals surface area contributed by atoms with Crippen molar-refractivity contribution < 1.29 is 39.5 Å². The molecule has 1 aromatic carbocycles. The summed E-state index contributed by atoms with van der Waals surface area (Å²) in [5.74, 6) is -1.34. The van der Waals surface area contributed by atoms with E-state index >= 15 is 0 Å². The normalized spacial score (nSPS) is 29.8. The Hall–Kier alpha value is -2.04. The highest BCUT2D eigenvalue weighted by Crippen LogP contribution is 2.22. The standard InChI is InChI=1S/C15H19NO8/c1-7(18)23-9-5-3-2-4-8(9)14(21)16-11-13(20)12(19)10(6-17)24-15(11)22/h2-5,10-13,15,17,19-20,22H,6H2,1H3,(H,16,21)/t10-,11-,12-,13-,15-/m1/s1. The van der Waals surface area contributed by atoms with Crippen LogP contribution in [0.1, 0.15) is 17.3 Å². The molecule has 9 nitrogen and oxygen atoms in total. The van der Waals surface area contributed by atoms with E-state index in [4.69, 9.17) is 14.6 Å². The summed E-state index contributed by atoms with van der Waals surface area (Å²) < 4.78 is 9.88. The predicted molar refractivity (Wildman–Crippen MR) is 79.0 cm³/mol. The summed E-state index contributed by atoms with van der Waals surface area (Å²) in [5.41, 5.74) is 0.00544. The Morgan fingerprint density at radius 2 is 1.88 bits per heavy atom. The average molecular weight is 341 g/mol. The van der Waals surface area contributed by atoms with Crippen LogP contribution in [0.4, 0.5) is 0 Å². The van der Waals surface area contributed by atoms with Gasteiger partial charge in [-0.25, -0.2) is 0 Å². The molecule has 0 spiro atoms. The number of esters is 1. The molecule has 1 saturated heterocycles. The highest BCUT2D eigenvalue weighted by molar-refractivity contribution is 5.97. The molecule has 0 saturated carbocycles. The van der Waals surface area contributed by atoms with E-state index in [9.17, 15) is 24.9 Å². The summed E-state index contributed by atoms with van der Waals surface area (Å²) in [7, 11) is 0. The van der Waals surface area contributed by atoms with Crippen molar-refractivity contribution in [3.05, 3.63) is 29.8 Å². The van der Waals surface area contributed by atoms with E-state index in [1.165, 1.54) is 19.1 Å². The number of hydrogen-bond acceptors (Lipinski definition) is 8. The van der Waals surface area contributed by atoms with E-state index in [0.717, 1.165) is 0 Å². The van der Waals surface area contributed by atoms with E-state index in [0.29, 0.717) is 0 Å². The fourth-order valence-corrected chi connectivity index (χ4v) is 2.38. The van der Waals surface area contributed by atoms with Gasteiger partial charge in [-0.3, -0.25) is 9.59 Å². The van der Waals surface area contributed by atoms with Gasteiger partial charge >= 0.3 is 5.97 Å². The first-order valence-corrected chi connectivity index (χ1v) is 7.24. The molecule has 0 aromatic heterocycles. The van der Waals surface area contributed by atoms with E-state index in [1.54, 1.807) is 12.1 Å². The third-order valence-electron chi connectivity index (χ3n) is 3.58. The molecule has 1 heterocycles. The summed E-state index contributed by atoms with van der Waals surface area (Å²) in [6.07, 6.45) is -5.86. The lowest BCUT2D eigenvalue weighted by Crippen LogP contribution is -2.64. The molecular weight excluding hydrogens is 322 g/mol. The van der Waals surface area contributed by atoms with E-state index in [-0.39, 0.29) is 11.3 Å². The molecule has 9 heteroatoms. The lowest BCUT2D eigenvalue weighted by molar-refractivity contribution is -0.252. The fourth-order valence-electron chi connectivity index (χ4n) is 2.38. The van der Waals surface area contributed by atoms with Crippen LogP contribution in [0, 0.1) is 0 Å². The molecule has 1 amide bonds. The fraction of sp³-hybridized carbons (Fsp3) is 0.467. The maximum absolute atomic E-state index is 12.4. The Bertz CT molecular complexity index is 607. The van der Waals surface area contributed by atoms with Crippen molar-refractivity contribution in [1.29, 1.82) is 0 Å². The van der Waals surface area contributed by atoms with Crippen molar-refractivity contribution in [2.24, 2.45) is 0 Å². The maximum Gasteiger partial charge on any atom is 0.308 e. The van der Waals surface area contributed by atoms with Crippen molar-refractivity contribution >= 4 is 11.9 Å². The molecule has 1 aliphatic heterocycles. The first-order valence-electron chi connectivity index (χ1n) is 7.24. The number of carbonyl (C=O) groups is 2. The van der Waals surface area contributed by atoms with E-state index < -0.39 is 49.1 Å². The number of amides is 1. The van der Waals surface area contributed by atoms with Gasteiger partial charge in [0.1, 0.15) is 30.1 Å². The zero-order valence-corrected chi connectivity index (χ0v) is 12.8. The Labute approximate surface area is 137 Å². The number of aliphatic hydroxyl groups is 4. The van der Waals surface area contributed by atoms with Crippen molar-refractivity contribution in [1.82, 2.24) is 5.32 Å². The van der Waals surface area contributed by atoms with Crippen LogP contribution < -0.4 is 10.1 Å². The molecule has 1 fully saturated rings. The largest absolute Gasteiger partial charge is 0.426 e. The molecule has 0 aliphatic carbocycles. The molecule has 132 valence electrons. The second kappa shape index (κ2) is 7.69. The topological polar surface area (TPSA) is 146 Å². The minimum absolute atomic E-state index is 0.00544. The van der Waals surface area contributed by atoms with Crippen molar-refractivity contribution in [3.63, 3.8) is 0 Å². The van der Waals surface area contributed by atoms with Gasteiger partial charge in [-0.15, -0.1) is 0 Å². The zero-order chi connectivity index (χ0) is 17.9. The van der Waals surface area contributed by atoms with Gasteiger partial charge in [0.05, 0.1) is 12.2 Å². The van der Waals surface area contributed by atoms with E-state index in [1.807, 2.05) is 0 Å². The van der Waals surface area contributed by atoms with Gasteiger partial charge in [-0.05, 0) is 12.1 Å². The SMILES string of the molecule is CC(=O)Oc1ccccc1C(=O)N[C@@H]1[C@@H](O)[C@H](O)[C@@H](CO)O[C@H]1O. The molecule has 1 aliphatic rings. The predicted octanol–water partition coefficient (Wildman–Crippen LogP) is -1.86. The summed E-state index contributed by atoms with van der Waals surface area (Å²) >= 11 is 0. The van der Waals surface area contributed by atoms with Crippen molar-refractivity contribution in [2.75, 3.05) is 6.61 Å². The first kappa shape index (κ1) is 18.3. The minimum atomic E-state index is -1.63. The molecule has 0 radical (unpaired) electrons. The lowest BCUT2D eigenvalue weighted by Gasteiger charge is -2.40. The molecular formula is C15H19NO8. The van der Waals surface area contributed by atoms with Gasteiger partial charge < -0.3 is 35.2 Å². The summed E-state index contributed by atoms with van der Waals surface area (Å²) in [5, 5.41) is 41.0. The number of benzene rings is 1. The van der Waals surface area contributed by atoms with Crippen LogP contribution in [0.2, 0.25) is 0 Å². The highest BCUT2D eigenvalue weighted by Gasteiger charge is 2.44. The zero-order valence-electron chi connectivity index (χ0n) is 12.8. The van der Waals surface area contributed by atoms with E-state index in [2.05, 4.69) is 5.32 Å². The molecule has 0 bridgehead atoms. The summed E-state index contributed by atoms with van der Waals surface area (Å²) in [6, 6.07) is 4.58. The van der Waals surface area contributed by atoms with Crippen LogP contribution in [0.15, 0.2) is 24.3 Å². The number of ether oxygens (including phenoxy) is 2. The number of aliphatic hydroxyl groups excluding tert-OH is 4. The number of carbonyl (C=O) groups excluding carboxylic acids is 2. The molecule has 1 aromatic rings. The van der Waals surface area contributed by atoms with Gasteiger partial charge in [-0.1, -0.05) is 12.1 Å². The quantitative estimate of drug-likeness (QED) is 0.317. The van der Waals surface area contributed by atoms with Gasteiger partial charge in [0.15, 0.2) is 6.29 Å². The Morgan fingerprint density at radius 1 is 1.21 bits per heavy atom. The van der Waals surface area contributed by atoms with Gasteiger partial charge in [0, 0.05) is 6.92 Å². The number of rotatable bonds is 4. The summed E-state index contributed by atoms with van der Waals surface area (Å²) in [6.45, 7) is 0.577. The molecule has 5 N–H and O–H groups in total. The van der Waals surface area contributed by atoms with Crippen LogP contribution in [-0.4, -0.2) is 69.6 Å². The van der Waals surface area contributed by atoms with Crippen LogP contribution in [0.3, 0.4) is 0 Å². The lowest BCUT2D eigenvalue weighted by atomic mass is 9.96. The van der Waals surface area contributed by atoms with Crippen LogP contribution in [0.25, 0.3) is 0 Å². The molecule has 0 unspecified atom stereocenters. The van der Waals surface area contributed by atoms with Gasteiger partial charge in [0.25, 0.3) is 5.91 Å². The third kappa shape index (κ3) is 3.89. The maximum atomic E-state index is 12.4. The monoisotopic (exact) mass is 341 g/mol. The molecule has 2 rings (SSSR count). The van der Waals surface area contributed by atoms with Crippen molar-refractivity contribution in [3.8, 4) is 5.75 Å². The highest BCUT2D eigenvalue weighted by atomic mass is 16.6. The Morgan fingerprint density at radius 3 is 2.50 bits per heavy atom. The smallest absolute Gasteiger partial charge is 0.308 e. The first-order chi connectivity index (χ1) is 11.3. The third-order valence-corrected chi connectivity index (χ3v) is 3.58. The Kier molecular flexibility index (Phi) is 5.86.